The third-order valence-corrected chi connectivity index (χ3v) is 12.9. The third kappa shape index (κ3) is 4.22. The van der Waals surface area contributed by atoms with E-state index in [4.69, 9.17) is 0 Å². The van der Waals surface area contributed by atoms with Crippen molar-refractivity contribution < 1.29 is 0 Å². The van der Waals surface area contributed by atoms with Gasteiger partial charge in [0.1, 0.15) is 41.1 Å². The van der Waals surface area contributed by atoms with Crippen LogP contribution in [0.3, 0.4) is 0 Å². The fourth-order valence-corrected chi connectivity index (χ4v) is 11.0. The molecule has 3 aliphatic rings. The minimum absolute atomic E-state index is 1.28. The molecule has 38 heavy (non-hydrogen) atoms. The predicted octanol–water partition coefficient (Wildman–Crippen LogP) is 11.2. The number of hydrogen-bond acceptors (Lipinski definition) is 6. The molecule has 3 aliphatic heterocycles. The Balaban J connectivity index is 1.41. The van der Waals surface area contributed by atoms with Crippen LogP contribution in [0.5, 0.6) is 0 Å². The second-order valence-electron chi connectivity index (χ2n) is 8.96. The molecule has 6 aromatic heterocycles. The molecule has 0 fully saturated rings. The van der Waals surface area contributed by atoms with Crippen LogP contribution in [0.4, 0.5) is 0 Å². The van der Waals surface area contributed by atoms with Crippen molar-refractivity contribution in [1.29, 1.82) is 0 Å². The van der Waals surface area contributed by atoms with Crippen molar-refractivity contribution in [2.75, 3.05) is 0 Å². The van der Waals surface area contributed by atoms with Gasteiger partial charge in [0.25, 0.3) is 0 Å². The lowest BCUT2D eigenvalue weighted by molar-refractivity contribution is 1.37. The van der Waals surface area contributed by atoms with Crippen LogP contribution in [0.25, 0.3) is 36.5 Å². The first-order valence-electron chi connectivity index (χ1n) is 12.1. The van der Waals surface area contributed by atoms with Crippen LogP contribution in [0.2, 0.25) is 0 Å². The van der Waals surface area contributed by atoms with Gasteiger partial charge in [0, 0.05) is 65.7 Å². The highest BCUT2D eigenvalue weighted by Gasteiger charge is 2.31. The first-order valence-corrected chi connectivity index (χ1v) is 17.0. The highest BCUT2D eigenvalue weighted by atomic mass is 32.1. The first kappa shape index (κ1) is 23.1. The van der Waals surface area contributed by atoms with Crippen LogP contribution in [0, 0.1) is 11.8 Å². The summed E-state index contributed by atoms with van der Waals surface area (Å²) in [6, 6.07) is 27.3. The Morgan fingerprint density at radius 2 is 0.447 bits per heavy atom. The van der Waals surface area contributed by atoms with E-state index in [1.807, 2.05) is 68.0 Å². The molecule has 14 bridgehead atoms. The molecule has 9 heterocycles. The van der Waals surface area contributed by atoms with Crippen LogP contribution in [0.1, 0.15) is 58.5 Å². The van der Waals surface area contributed by atoms with Gasteiger partial charge in [0.05, 0.1) is 0 Å². The maximum Gasteiger partial charge on any atom is 0.120 e. The molecule has 0 N–H and O–H groups in total. The molecule has 6 aromatic rings. The van der Waals surface area contributed by atoms with Crippen LogP contribution in [-0.4, -0.2) is 0 Å². The van der Waals surface area contributed by atoms with Gasteiger partial charge in [0.2, 0.25) is 0 Å². The van der Waals surface area contributed by atoms with E-state index in [1.165, 1.54) is 70.4 Å². The van der Waals surface area contributed by atoms with Gasteiger partial charge in [-0.05, 0) is 72.9 Å². The average Bonchev–Trinajstić information content (AvgIpc) is 3.74. The Kier molecular flexibility index (Phi) is 5.72. The quantitative estimate of drug-likeness (QED) is 0.153. The zero-order valence-corrected chi connectivity index (χ0v) is 24.7. The molecule has 0 spiro atoms. The van der Waals surface area contributed by atoms with Crippen molar-refractivity contribution in [1.82, 2.24) is 0 Å². The normalized spacial score (nSPS) is 16.4. The molecule has 0 saturated carbocycles. The van der Waals surface area contributed by atoms with Gasteiger partial charge in [-0.2, -0.15) is 0 Å². The van der Waals surface area contributed by atoms with Crippen LogP contribution in [0.15, 0.2) is 72.8 Å². The van der Waals surface area contributed by atoms with Gasteiger partial charge in [-0.1, -0.05) is 0 Å². The molecule has 0 radical (unpaired) electrons. The summed E-state index contributed by atoms with van der Waals surface area (Å²) in [7, 11) is 0. The number of hydrogen-bond donors (Lipinski definition) is 0. The van der Waals surface area contributed by atoms with E-state index in [0.29, 0.717) is 0 Å². The fourth-order valence-electron chi connectivity index (χ4n) is 4.68. The van der Waals surface area contributed by atoms with E-state index in [9.17, 15) is 0 Å². The molecule has 0 amide bonds. The van der Waals surface area contributed by atoms with Crippen LogP contribution >= 0.6 is 68.0 Å². The lowest BCUT2D eigenvalue weighted by Gasteiger charge is -2.05. The Labute approximate surface area is 245 Å². The van der Waals surface area contributed by atoms with Gasteiger partial charge in [-0.3, -0.25) is 0 Å². The SMILES string of the molecule is C1=C/c2ccc(s2)[C+]2c3ccc(s3)/C=C/c3ccc(s3)[C+](c3ccc/1s3)c1ccc(s1)/C=C/c1ccc2s1. The Morgan fingerprint density at radius 1 is 0.263 bits per heavy atom. The number of rotatable bonds is 0. The van der Waals surface area contributed by atoms with Crippen molar-refractivity contribution >= 4 is 104 Å². The summed E-state index contributed by atoms with van der Waals surface area (Å²) < 4.78 is 0. The summed E-state index contributed by atoms with van der Waals surface area (Å²) in [5, 5.41) is 0. The van der Waals surface area contributed by atoms with Gasteiger partial charge in [-0.15, -0.1) is 68.0 Å². The first-order chi connectivity index (χ1) is 18.7. The van der Waals surface area contributed by atoms with Crippen molar-refractivity contribution in [2.24, 2.45) is 0 Å². The molecule has 9 rings (SSSR count). The topological polar surface area (TPSA) is 0 Å². The molecular weight excluding hydrogens is 577 g/mol. The zero-order chi connectivity index (χ0) is 25.1. The maximum absolute atomic E-state index is 2.29. The van der Waals surface area contributed by atoms with E-state index in [-0.39, 0.29) is 0 Å². The molecule has 0 saturated heterocycles. The minimum Gasteiger partial charge on any atom is -0.114 e. The fraction of sp³-hybridized carbons (Fsp3) is 0. The maximum atomic E-state index is 2.29. The van der Waals surface area contributed by atoms with Crippen LogP contribution in [-0.2, 0) is 0 Å². The molecule has 0 atom stereocenters. The average molecular weight is 595 g/mol. The molecule has 0 aliphatic carbocycles. The van der Waals surface area contributed by atoms with E-state index < -0.39 is 0 Å². The van der Waals surface area contributed by atoms with Crippen LogP contribution < -0.4 is 0 Å². The Morgan fingerprint density at radius 3 is 0.632 bits per heavy atom. The predicted molar refractivity (Wildman–Crippen MR) is 174 cm³/mol. The molecule has 6 heteroatoms. The van der Waals surface area contributed by atoms with Gasteiger partial charge >= 0.3 is 0 Å². The van der Waals surface area contributed by atoms with E-state index in [2.05, 4.69) is 109 Å². The van der Waals surface area contributed by atoms with E-state index in [0.717, 1.165) is 0 Å². The zero-order valence-electron chi connectivity index (χ0n) is 19.8. The smallest absolute Gasteiger partial charge is 0.114 e. The van der Waals surface area contributed by atoms with Gasteiger partial charge in [0.15, 0.2) is 0 Å². The molecule has 0 aromatic carbocycles. The van der Waals surface area contributed by atoms with Gasteiger partial charge in [-0.25, -0.2) is 0 Å². The third-order valence-electron chi connectivity index (χ3n) is 6.47. The van der Waals surface area contributed by atoms with Gasteiger partial charge < -0.3 is 0 Å². The molecule has 0 nitrogen and oxygen atoms in total. The van der Waals surface area contributed by atoms with E-state index in [1.54, 1.807) is 0 Å². The van der Waals surface area contributed by atoms with E-state index >= 15 is 0 Å². The molecule has 0 unspecified atom stereocenters. The van der Waals surface area contributed by atoms with Crippen molar-refractivity contribution in [3.8, 4) is 0 Å². The summed E-state index contributed by atoms with van der Waals surface area (Å²) in [5.74, 6) is 2.67. The lowest BCUT2D eigenvalue weighted by Crippen LogP contribution is -1.97. The second-order valence-corrected chi connectivity index (χ2v) is 15.7. The minimum atomic E-state index is 1.28. The number of thiophene rings is 6. The monoisotopic (exact) mass is 594 g/mol. The highest BCUT2D eigenvalue weighted by Crippen LogP contribution is 2.44. The standard InChI is InChI=1S/C32H18S6/c1-2-20-8-14-26(34-20)32-29-17-11-23(37-29)5-3-21-9-15-27(35-21)31(25-13-7-19(1)33-25)28-16-10-22(36-28)4-6-24-12-18-30(32)38-24/h1-18H/q+2/b2-1+,5-3+,6-4+. The van der Waals surface area contributed by atoms with Crippen molar-refractivity contribution in [3.05, 3.63) is 143 Å². The summed E-state index contributed by atoms with van der Waals surface area (Å²) in [6.45, 7) is 0. The lowest BCUT2D eigenvalue weighted by atomic mass is 10.0. The Hall–Kier alpha value is -2.84. The summed E-state index contributed by atoms with van der Waals surface area (Å²) in [4.78, 5) is 15.5. The molecular formula is C32H18S6+2. The highest BCUT2D eigenvalue weighted by molar-refractivity contribution is 7.18. The summed E-state index contributed by atoms with van der Waals surface area (Å²) in [5.41, 5.74) is 0. The van der Waals surface area contributed by atoms with Crippen molar-refractivity contribution in [3.63, 3.8) is 0 Å². The summed E-state index contributed by atoms with van der Waals surface area (Å²) >= 11 is 11.2. The molecule has 180 valence electrons. The van der Waals surface area contributed by atoms with Crippen molar-refractivity contribution in [2.45, 2.75) is 0 Å². The largest absolute Gasteiger partial charge is 0.120 e. The Bertz CT molecular complexity index is 1500. The second kappa shape index (κ2) is 9.42. The summed E-state index contributed by atoms with van der Waals surface area (Å²) in [6.07, 6.45) is 13.6.